The lowest BCUT2D eigenvalue weighted by Crippen LogP contribution is -2.51. The predicted octanol–water partition coefficient (Wildman–Crippen LogP) is 1.50. The van der Waals surface area contributed by atoms with Crippen LogP contribution in [-0.4, -0.2) is 74.2 Å². The van der Waals surface area contributed by atoms with Crippen molar-refractivity contribution in [3.05, 3.63) is 28.7 Å². The Hall–Kier alpha value is -1.20. The molecule has 0 aromatic heterocycles. The van der Waals surface area contributed by atoms with E-state index in [0.717, 1.165) is 10.2 Å². The van der Waals surface area contributed by atoms with E-state index >= 15 is 0 Å². The van der Waals surface area contributed by atoms with Crippen LogP contribution in [0.3, 0.4) is 0 Å². The van der Waals surface area contributed by atoms with Crippen molar-refractivity contribution in [2.24, 2.45) is 5.92 Å². The van der Waals surface area contributed by atoms with Gasteiger partial charge >= 0.3 is 0 Å². The maximum absolute atomic E-state index is 12.6. The number of hydrogen-bond donors (Lipinski definition) is 1. The van der Waals surface area contributed by atoms with Crippen LogP contribution in [0.4, 0.5) is 5.69 Å². The number of nitrogens with zero attached hydrogens (tertiary/aromatic N) is 3. The lowest BCUT2D eigenvalue weighted by molar-refractivity contribution is -0.169. The number of anilines is 1. The number of amides is 1. The fourth-order valence-electron chi connectivity index (χ4n) is 3.33. The van der Waals surface area contributed by atoms with Gasteiger partial charge in [0, 0.05) is 55.5 Å². The van der Waals surface area contributed by atoms with Crippen LogP contribution in [0.25, 0.3) is 0 Å². The molecule has 0 unspecified atom stereocenters. The van der Waals surface area contributed by atoms with Gasteiger partial charge in [-0.3, -0.25) is 10.0 Å². The van der Waals surface area contributed by atoms with E-state index in [2.05, 4.69) is 20.8 Å². The van der Waals surface area contributed by atoms with Gasteiger partial charge in [0.15, 0.2) is 5.88 Å². The molecule has 1 N–H and O–H groups in total. The third kappa shape index (κ3) is 5.20. The van der Waals surface area contributed by atoms with E-state index in [1.54, 1.807) is 0 Å². The van der Waals surface area contributed by atoms with E-state index in [-0.39, 0.29) is 5.92 Å². The van der Waals surface area contributed by atoms with Gasteiger partial charge in [-0.15, -0.1) is 0 Å². The lowest BCUT2D eigenvalue weighted by Gasteiger charge is -2.36. The second kappa shape index (κ2) is 8.87. The van der Waals surface area contributed by atoms with Crippen LogP contribution in [-0.2, 0) is 19.6 Å². The van der Waals surface area contributed by atoms with Crippen LogP contribution in [0.5, 0.6) is 0 Å². The van der Waals surface area contributed by atoms with Crippen LogP contribution >= 0.6 is 15.9 Å². The number of sulfonamides is 1. The third-order valence-corrected chi connectivity index (χ3v) is 7.19. The molecular formula is C17H24BrN3O5S. The normalized spacial score (nSPS) is 19.9. The number of carbonyl (C=O) groups is 1. The molecule has 0 aliphatic carbocycles. The standard InChI is InChI=1S/C17H24BrN3O5S/c18-15-1-3-16(4-2-15)19-7-9-20(10-8-19)27(24,25)13-21(23)17(22)14-5-11-26-12-6-14/h1-4,14,23H,5-13H2. The van der Waals surface area contributed by atoms with Crippen molar-refractivity contribution in [1.82, 2.24) is 9.37 Å². The highest BCUT2D eigenvalue weighted by Gasteiger charge is 2.33. The van der Waals surface area contributed by atoms with Gasteiger partial charge in [0.05, 0.1) is 0 Å². The highest BCUT2D eigenvalue weighted by Crippen LogP contribution is 2.21. The minimum absolute atomic E-state index is 0.317. The molecule has 10 heteroatoms. The summed E-state index contributed by atoms with van der Waals surface area (Å²) in [4.78, 5) is 14.4. The van der Waals surface area contributed by atoms with Crippen LogP contribution in [0.1, 0.15) is 12.8 Å². The Bertz CT molecular complexity index is 744. The van der Waals surface area contributed by atoms with Gasteiger partial charge in [-0.2, -0.15) is 4.31 Å². The van der Waals surface area contributed by atoms with Crippen LogP contribution in [0.15, 0.2) is 28.7 Å². The maximum Gasteiger partial charge on any atom is 0.250 e. The summed E-state index contributed by atoms with van der Waals surface area (Å²) in [6, 6.07) is 7.86. The summed E-state index contributed by atoms with van der Waals surface area (Å²) in [6.45, 7) is 2.65. The van der Waals surface area contributed by atoms with E-state index in [0.29, 0.717) is 57.3 Å². The first-order valence-electron chi connectivity index (χ1n) is 8.93. The number of hydrogen-bond acceptors (Lipinski definition) is 6. The molecule has 1 aromatic carbocycles. The molecule has 27 heavy (non-hydrogen) atoms. The molecular weight excluding hydrogens is 438 g/mol. The molecule has 1 aromatic rings. The van der Waals surface area contributed by atoms with Crippen LogP contribution in [0, 0.1) is 5.92 Å². The molecule has 1 amide bonds. The first-order chi connectivity index (χ1) is 12.9. The molecule has 8 nitrogen and oxygen atoms in total. The molecule has 0 radical (unpaired) electrons. The average Bonchev–Trinajstić information content (AvgIpc) is 2.68. The minimum Gasteiger partial charge on any atom is -0.381 e. The Labute approximate surface area is 167 Å². The zero-order chi connectivity index (χ0) is 19.4. The largest absolute Gasteiger partial charge is 0.381 e. The second-order valence-corrected chi connectivity index (χ2v) is 9.58. The molecule has 2 saturated heterocycles. The quantitative estimate of drug-likeness (QED) is 0.527. The topological polar surface area (TPSA) is 90.4 Å². The molecule has 0 atom stereocenters. The van der Waals surface area contributed by atoms with Crippen LogP contribution < -0.4 is 4.90 Å². The summed E-state index contributed by atoms with van der Waals surface area (Å²) >= 11 is 3.40. The molecule has 2 aliphatic heterocycles. The zero-order valence-electron chi connectivity index (χ0n) is 15.0. The summed E-state index contributed by atoms with van der Waals surface area (Å²) in [5.41, 5.74) is 1.04. The van der Waals surface area contributed by atoms with Gasteiger partial charge in [-0.05, 0) is 37.1 Å². The van der Waals surface area contributed by atoms with Crippen molar-refractivity contribution < 1.29 is 23.2 Å². The molecule has 2 fully saturated rings. The number of rotatable bonds is 5. The highest BCUT2D eigenvalue weighted by atomic mass is 79.9. The summed E-state index contributed by atoms with van der Waals surface area (Å²) in [7, 11) is -3.76. The van der Waals surface area contributed by atoms with E-state index in [9.17, 15) is 18.4 Å². The van der Waals surface area contributed by atoms with Gasteiger partial charge in [0.25, 0.3) is 0 Å². The molecule has 150 valence electrons. The first kappa shape index (κ1) is 20.5. The van der Waals surface area contributed by atoms with Crippen molar-refractivity contribution in [3.63, 3.8) is 0 Å². The van der Waals surface area contributed by atoms with Crippen LogP contribution in [0.2, 0.25) is 0 Å². The Balaban J connectivity index is 1.54. The SMILES string of the molecule is O=C(C1CCOCC1)N(O)CS(=O)(=O)N1CCN(c2ccc(Br)cc2)CC1. The number of piperazine rings is 1. The third-order valence-electron chi connectivity index (χ3n) is 4.93. The lowest BCUT2D eigenvalue weighted by atomic mass is 10.00. The number of ether oxygens (including phenoxy) is 1. The van der Waals surface area contributed by atoms with E-state index in [1.165, 1.54) is 4.31 Å². The van der Waals surface area contributed by atoms with Gasteiger partial charge in [0.2, 0.25) is 15.9 Å². The van der Waals surface area contributed by atoms with Crippen molar-refractivity contribution in [2.45, 2.75) is 12.8 Å². The monoisotopic (exact) mass is 461 g/mol. The van der Waals surface area contributed by atoms with Crippen molar-refractivity contribution in [3.8, 4) is 0 Å². The zero-order valence-corrected chi connectivity index (χ0v) is 17.4. The average molecular weight is 462 g/mol. The second-order valence-electron chi connectivity index (χ2n) is 6.73. The number of hydroxylamine groups is 2. The minimum atomic E-state index is -3.76. The number of carbonyl (C=O) groups excluding carboxylic acids is 1. The molecule has 2 aliphatic rings. The smallest absolute Gasteiger partial charge is 0.250 e. The fourth-order valence-corrected chi connectivity index (χ4v) is 4.92. The molecule has 3 rings (SSSR count). The number of benzene rings is 1. The van der Waals surface area contributed by atoms with Crippen molar-refractivity contribution in [2.75, 3.05) is 50.2 Å². The van der Waals surface area contributed by atoms with Crippen molar-refractivity contribution >= 4 is 37.5 Å². The molecule has 0 spiro atoms. The van der Waals surface area contributed by atoms with Gasteiger partial charge in [0.1, 0.15) is 0 Å². The highest BCUT2D eigenvalue weighted by molar-refractivity contribution is 9.10. The Morgan fingerprint density at radius 2 is 1.74 bits per heavy atom. The Morgan fingerprint density at radius 3 is 2.33 bits per heavy atom. The number of halogens is 1. The summed E-state index contributed by atoms with van der Waals surface area (Å²) < 4.78 is 32.7. The van der Waals surface area contributed by atoms with Crippen molar-refractivity contribution in [1.29, 1.82) is 0 Å². The fraction of sp³-hybridized carbons (Fsp3) is 0.588. The molecule has 0 saturated carbocycles. The first-order valence-corrected chi connectivity index (χ1v) is 11.3. The summed E-state index contributed by atoms with van der Waals surface area (Å²) in [6.07, 6.45) is 1.00. The Morgan fingerprint density at radius 1 is 1.15 bits per heavy atom. The molecule has 0 bridgehead atoms. The molecule has 2 heterocycles. The van der Waals surface area contributed by atoms with E-state index < -0.39 is 21.8 Å². The summed E-state index contributed by atoms with van der Waals surface area (Å²) in [5, 5.41) is 10.4. The summed E-state index contributed by atoms with van der Waals surface area (Å²) in [5.74, 6) is -1.63. The van der Waals surface area contributed by atoms with E-state index in [1.807, 2.05) is 24.3 Å². The Kier molecular flexibility index (Phi) is 6.74. The maximum atomic E-state index is 12.6. The van der Waals surface area contributed by atoms with Gasteiger partial charge < -0.3 is 9.64 Å². The predicted molar refractivity (Wildman–Crippen MR) is 104 cm³/mol. The van der Waals surface area contributed by atoms with E-state index in [4.69, 9.17) is 4.74 Å². The van der Waals surface area contributed by atoms with Gasteiger partial charge in [-0.1, -0.05) is 15.9 Å². The van der Waals surface area contributed by atoms with Gasteiger partial charge in [-0.25, -0.2) is 13.5 Å².